The van der Waals surface area contributed by atoms with Gasteiger partial charge in [0.15, 0.2) is 6.79 Å². The molecule has 0 aliphatic carbocycles. The Kier molecular flexibility index (Phi) is 8.99. The van der Waals surface area contributed by atoms with Crippen molar-refractivity contribution in [1.82, 2.24) is 10.2 Å². The summed E-state index contributed by atoms with van der Waals surface area (Å²) in [6.07, 6.45) is 0. The van der Waals surface area contributed by atoms with Gasteiger partial charge in [0, 0.05) is 32.3 Å². The number of carbonyl (C=O) groups is 2. The van der Waals surface area contributed by atoms with Crippen LogP contribution in [0.1, 0.15) is 10.4 Å². The van der Waals surface area contributed by atoms with Crippen LogP contribution >= 0.6 is 0 Å². The van der Waals surface area contributed by atoms with Gasteiger partial charge in [-0.1, -0.05) is 0 Å². The average Bonchev–Trinajstić information content (AvgIpc) is 2.69. The molecule has 2 N–H and O–H groups in total. The van der Waals surface area contributed by atoms with Crippen LogP contribution in [0.5, 0.6) is 5.75 Å². The second kappa shape index (κ2) is 11.5. The molecule has 27 heavy (non-hydrogen) atoms. The fourth-order valence-electron chi connectivity index (χ4n) is 2.57. The molecular weight excluding hydrogens is 356 g/mol. The van der Waals surface area contributed by atoms with Gasteiger partial charge >= 0.3 is 5.97 Å². The summed E-state index contributed by atoms with van der Waals surface area (Å²) in [6, 6.07) is 5.77. The van der Waals surface area contributed by atoms with Gasteiger partial charge in [-0.3, -0.25) is 14.5 Å². The molecule has 1 aromatic carbocycles. The number of methoxy groups -OCH3 is 1. The van der Waals surface area contributed by atoms with Crippen molar-refractivity contribution in [1.29, 1.82) is 0 Å². The van der Waals surface area contributed by atoms with Gasteiger partial charge in [0.2, 0.25) is 0 Å². The van der Waals surface area contributed by atoms with Gasteiger partial charge in [-0.05, 0) is 24.3 Å². The average molecular weight is 382 g/mol. The standard InChI is InChI=1S/C18H26N2O7/c1-24-10-11-26-13-27-15-4-2-14(3-5-15)17(21)19-12-16(18(22)23)20-6-8-25-9-7-20/h2-5,16H,6-13H2,1H3,(H,19,21)(H,22,23)/t16-/m0/s1. The molecule has 1 aromatic rings. The van der Waals surface area contributed by atoms with Crippen LogP contribution < -0.4 is 10.1 Å². The molecule has 0 aromatic heterocycles. The summed E-state index contributed by atoms with van der Waals surface area (Å²) in [5.41, 5.74) is 0.425. The molecule has 1 heterocycles. The molecule has 150 valence electrons. The number of aliphatic carboxylic acids is 1. The van der Waals surface area contributed by atoms with Gasteiger partial charge in [0.25, 0.3) is 5.91 Å². The summed E-state index contributed by atoms with van der Waals surface area (Å²) in [6.45, 7) is 3.10. The molecule has 0 bridgehead atoms. The maximum absolute atomic E-state index is 12.3. The molecule has 0 spiro atoms. The Bertz CT molecular complexity index is 588. The summed E-state index contributed by atoms with van der Waals surface area (Å²) >= 11 is 0. The van der Waals surface area contributed by atoms with Crippen molar-refractivity contribution in [2.24, 2.45) is 0 Å². The van der Waals surface area contributed by atoms with Crippen molar-refractivity contribution in [3.63, 3.8) is 0 Å². The fraction of sp³-hybridized carbons (Fsp3) is 0.556. The van der Waals surface area contributed by atoms with Crippen LogP contribution in [0.2, 0.25) is 0 Å². The Labute approximate surface area is 158 Å². The second-order valence-electron chi connectivity index (χ2n) is 5.90. The lowest BCUT2D eigenvalue weighted by molar-refractivity contribution is -0.144. The number of hydrogen-bond acceptors (Lipinski definition) is 7. The van der Waals surface area contributed by atoms with Crippen LogP contribution in [0.4, 0.5) is 0 Å². The van der Waals surface area contributed by atoms with Crippen LogP contribution in [-0.4, -0.2) is 87.9 Å². The van der Waals surface area contributed by atoms with E-state index in [0.29, 0.717) is 50.8 Å². The van der Waals surface area contributed by atoms with Crippen molar-refractivity contribution in [2.45, 2.75) is 6.04 Å². The zero-order valence-electron chi connectivity index (χ0n) is 15.4. The number of morpholine rings is 1. The largest absolute Gasteiger partial charge is 0.480 e. The van der Waals surface area contributed by atoms with E-state index in [0.717, 1.165) is 0 Å². The van der Waals surface area contributed by atoms with Crippen molar-refractivity contribution in [3.05, 3.63) is 29.8 Å². The number of carboxylic acid groups (broad SMARTS) is 1. The van der Waals surface area contributed by atoms with Gasteiger partial charge < -0.3 is 29.4 Å². The lowest BCUT2D eigenvalue weighted by Crippen LogP contribution is -2.52. The smallest absolute Gasteiger partial charge is 0.322 e. The first-order valence-electron chi connectivity index (χ1n) is 8.74. The Morgan fingerprint density at radius 2 is 1.93 bits per heavy atom. The van der Waals surface area contributed by atoms with E-state index in [2.05, 4.69) is 5.32 Å². The van der Waals surface area contributed by atoms with Gasteiger partial charge in [-0.2, -0.15) is 0 Å². The number of nitrogens with zero attached hydrogens (tertiary/aromatic N) is 1. The van der Waals surface area contributed by atoms with Gasteiger partial charge in [-0.25, -0.2) is 0 Å². The Morgan fingerprint density at radius 1 is 1.22 bits per heavy atom. The summed E-state index contributed by atoms with van der Waals surface area (Å²) in [5.74, 6) is -0.729. The molecule has 1 saturated heterocycles. The highest BCUT2D eigenvalue weighted by atomic mass is 16.7. The van der Waals surface area contributed by atoms with E-state index in [1.165, 1.54) is 0 Å². The maximum Gasteiger partial charge on any atom is 0.322 e. The molecule has 2 rings (SSSR count). The molecule has 1 atom stereocenters. The molecule has 1 aliphatic rings. The van der Waals surface area contributed by atoms with E-state index in [9.17, 15) is 14.7 Å². The van der Waals surface area contributed by atoms with Crippen LogP contribution in [0, 0.1) is 0 Å². The van der Waals surface area contributed by atoms with E-state index in [1.54, 1.807) is 36.3 Å². The molecule has 1 fully saturated rings. The fourth-order valence-corrected chi connectivity index (χ4v) is 2.57. The molecule has 1 amide bonds. The van der Waals surface area contributed by atoms with Crippen molar-refractivity contribution in [3.8, 4) is 5.75 Å². The lowest BCUT2D eigenvalue weighted by atomic mass is 10.2. The minimum atomic E-state index is -0.963. The van der Waals surface area contributed by atoms with E-state index in [-0.39, 0.29) is 19.2 Å². The molecule has 1 aliphatic heterocycles. The van der Waals surface area contributed by atoms with E-state index in [1.807, 2.05) is 0 Å². The van der Waals surface area contributed by atoms with Gasteiger partial charge in [0.1, 0.15) is 11.8 Å². The predicted molar refractivity (Wildman–Crippen MR) is 95.9 cm³/mol. The molecule has 0 unspecified atom stereocenters. The van der Waals surface area contributed by atoms with Crippen molar-refractivity contribution >= 4 is 11.9 Å². The minimum absolute atomic E-state index is 0.0275. The number of carboxylic acids is 1. The molecular formula is C18H26N2O7. The summed E-state index contributed by atoms with van der Waals surface area (Å²) in [7, 11) is 1.59. The van der Waals surface area contributed by atoms with Crippen LogP contribution in [0.15, 0.2) is 24.3 Å². The molecule has 9 nitrogen and oxygen atoms in total. The lowest BCUT2D eigenvalue weighted by Gasteiger charge is -2.31. The number of amides is 1. The topological polar surface area (TPSA) is 107 Å². The SMILES string of the molecule is COCCOCOc1ccc(C(=O)NC[C@@H](C(=O)O)N2CCOCC2)cc1. The molecule has 9 heteroatoms. The zero-order chi connectivity index (χ0) is 19.5. The zero-order valence-corrected chi connectivity index (χ0v) is 15.4. The number of nitrogens with one attached hydrogen (secondary N) is 1. The highest BCUT2D eigenvalue weighted by Crippen LogP contribution is 2.12. The normalized spacial score (nSPS) is 15.9. The quantitative estimate of drug-likeness (QED) is 0.413. The Balaban J connectivity index is 1.79. The maximum atomic E-state index is 12.3. The molecule has 0 radical (unpaired) electrons. The Morgan fingerprint density at radius 3 is 2.56 bits per heavy atom. The second-order valence-corrected chi connectivity index (χ2v) is 5.90. The predicted octanol–water partition coefficient (Wildman–Crippen LogP) is 0.201. The number of ether oxygens (including phenoxy) is 4. The number of carbonyl (C=O) groups excluding carboxylic acids is 1. The number of rotatable bonds is 11. The third kappa shape index (κ3) is 7.14. The summed E-state index contributed by atoms with van der Waals surface area (Å²) in [5, 5.41) is 12.1. The minimum Gasteiger partial charge on any atom is -0.480 e. The van der Waals surface area contributed by atoms with Crippen molar-refractivity contribution in [2.75, 3.05) is 60.0 Å². The summed E-state index contributed by atoms with van der Waals surface area (Å²) < 4.78 is 20.7. The van der Waals surface area contributed by atoms with Crippen molar-refractivity contribution < 1.29 is 33.6 Å². The van der Waals surface area contributed by atoms with E-state index in [4.69, 9.17) is 18.9 Å². The van der Waals surface area contributed by atoms with E-state index >= 15 is 0 Å². The van der Waals surface area contributed by atoms with E-state index < -0.39 is 12.0 Å². The highest BCUT2D eigenvalue weighted by Gasteiger charge is 2.27. The third-order valence-corrected chi connectivity index (χ3v) is 4.08. The Hall–Kier alpha value is -2.20. The van der Waals surface area contributed by atoms with Crippen LogP contribution in [0.25, 0.3) is 0 Å². The number of hydrogen-bond donors (Lipinski definition) is 2. The first-order chi connectivity index (χ1) is 13.1. The third-order valence-electron chi connectivity index (χ3n) is 4.08. The first-order valence-corrected chi connectivity index (χ1v) is 8.74. The summed E-state index contributed by atoms with van der Waals surface area (Å²) in [4.78, 5) is 25.6. The van der Waals surface area contributed by atoms with Crippen LogP contribution in [-0.2, 0) is 19.0 Å². The first kappa shape index (κ1) is 21.1. The van der Waals surface area contributed by atoms with Gasteiger partial charge in [0.05, 0.1) is 26.4 Å². The molecule has 0 saturated carbocycles. The van der Waals surface area contributed by atoms with Gasteiger partial charge in [-0.15, -0.1) is 0 Å². The highest BCUT2D eigenvalue weighted by molar-refractivity contribution is 5.94. The van der Waals surface area contributed by atoms with Crippen LogP contribution in [0.3, 0.4) is 0 Å². The number of benzene rings is 1. The monoisotopic (exact) mass is 382 g/mol.